The minimum Gasteiger partial charge on any atom is -0.456 e. The molecule has 0 aromatic heterocycles. The second kappa shape index (κ2) is 4.46. The van der Waals surface area contributed by atoms with Crippen molar-refractivity contribution in [2.45, 2.75) is 51.1 Å². The maximum absolute atomic E-state index is 13.4. The van der Waals surface area contributed by atoms with Gasteiger partial charge in [0.25, 0.3) is 0 Å². The molecule has 5 aliphatic rings. The van der Waals surface area contributed by atoms with Crippen molar-refractivity contribution in [3.63, 3.8) is 0 Å². The standard InChI is InChI=1S/C19H22O7/c1-7-4-9(20)14(23)17(2)8(7)5-10(21)19-6-25-18(3)13(19)16(24)26-15(18)11(22)12(17)19/h4,8,11-15,22-23H,5-6H2,1-3H3/t8-,11?,12?,13-,14+,15-,17-,18-,19+/m0/s1. The van der Waals surface area contributed by atoms with E-state index in [0.29, 0.717) is 0 Å². The molecule has 2 saturated heterocycles. The van der Waals surface area contributed by atoms with Crippen molar-refractivity contribution >= 4 is 17.5 Å². The third-order valence-electron chi connectivity index (χ3n) is 8.07. The second-order valence-electron chi connectivity index (χ2n) is 9.01. The van der Waals surface area contributed by atoms with Crippen molar-refractivity contribution in [3.05, 3.63) is 11.6 Å². The number of aliphatic hydroxyl groups excluding tert-OH is 2. The van der Waals surface area contributed by atoms with Gasteiger partial charge in [-0.05, 0) is 25.8 Å². The summed E-state index contributed by atoms with van der Waals surface area (Å²) in [6, 6.07) is 0. The number of rotatable bonds is 0. The summed E-state index contributed by atoms with van der Waals surface area (Å²) in [6.07, 6.45) is -1.93. The molecule has 4 bridgehead atoms. The maximum Gasteiger partial charge on any atom is 0.313 e. The molecule has 2 unspecified atom stereocenters. The van der Waals surface area contributed by atoms with Crippen LogP contribution in [0, 0.1) is 28.6 Å². The highest BCUT2D eigenvalue weighted by atomic mass is 16.6. The van der Waals surface area contributed by atoms with Crippen molar-refractivity contribution < 1.29 is 34.1 Å². The number of ketones is 2. The molecule has 0 aromatic rings. The largest absolute Gasteiger partial charge is 0.456 e. The molecule has 1 spiro atoms. The van der Waals surface area contributed by atoms with Crippen molar-refractivity contribution in [2.75, 3.05) is 6.61 Å². The number of hydrogen-bond donors (Lipinski definition) is 2. The summed E-state index contributed by atoms with van der Waals surface area (Å²) in [5, 5.41) is 22.1. The number of aliphatic hydroxyl groups is 2. The highest BCUT2D eigenvalue weighted by Gasteiger charge is 2.83. The number of Topliss-reactive ketones (excluding diaryl/α,β-unsaturated/α-hetero) is 1. The van der Waals surface area contributed by atoms with E-state index >= 15 is 0 Å². The van der Waals surface area contributed by atoms with Crippen LogP contribution in [0.3, 0.4) is 0 Å². The molecular weight excluding hydrogens is 340 g/mol. The topological polar surface area (TPSA) is 110 Å². The lowest BCUT2D eigenvalue weighted by atomic mass is 9.40. The fraction of sp³-hybridized carbons (Fsp3) is 0.737. The number of esters is 1. The predicted molar refractivity (Wildman–Crippen MR) is 85.6 cm³/mol. The highest BCUT2D eigenvalue weighted by molar-refractivity contribution is 5.99. The lowest BCUT2D eigenvalue weighted by Crippen LogP contribution is -2.72. The van der Waals surface area contributed by atoms with Crippen molar-refractivity contribution in [3.8, 4) is 0 Å². The van der Waals surface area contributed by atoms with Crippen molar-refractivity contribution in [2.24, 2.45) is 28.6 Å². The van der Waals surface area contributed by atoms with Crippen LogP contribution in [-0.2, 0) is 23.9 Å². The first-order valence-corrected chi connectivity index (χ1v) is 9.06. The van der Waals surface area contributed by atoms with Gasteiger partial charge in [0.1, 0.15) is 23.4 Å². The number of ether oxygens (including phenoxy) is 2. The zero-order valence-electron chi connectivity index (χ0n) is 14.9. The van der Waals surface area contributed by atoms with Gasteiger partial charge in [-0.2, -0.15) is 0 Å². The summed E-state index contributed by atoms with van der Waals surface area (Å²) in [5.74, 6) is -3.08. The quantitative estimate of drug-likeness (QED) is 0.573. The van der Waals surface area contributed by atoms with E-state index in [-0.39, 0.29) is 24.7 Å². The third-order valence-corrected chi connectivity index (χ3v) is 8.07. The van der Waals surface area contributed by atoms with Crippen molar-refractivity contribution in [1.82, 2.24) is 0 Å². The molecule has 7 heteroatoms. The SMILES string of the molecule is CC1=CC(=O)[C@@H](O)[C@]2(C)C3C(O)[C@@H]4OC(=O)[C@H]5[C@]4(C)OC[C@@]35C(=O)C[C@@H]12. The summed E-state index contributed by atoms with van der Waals surface area (Å²) in [6.45, 7) is 5.24. The first kappa shape index (κ1) is 16.6. The molecule has 140 valence electrons. The zero-order chi connectivity index (χ0) is 18.8. The molecule has 0 aromatic carbocycles. The van der Waals surface area contributed by atoms with E-state index in [1.165, 1.54) is 6.08 Å². The minimum absolute atomic E-state index is 0.00626. The monoisotopic (exact) mass is 362 g/mol. The van der Waals surface area contributed by atoms with Gasteiger partial charge < -0.3 is 19.7 Å². The van der Waals surface area contributed by atoms with Gasteiger partial charge in [-0.3, -0.25) is 14.4 Å². The Morgan fingerprint density at radius 3 is 2.58 bits per heavy atom. The molecule has 3 aliphatic carbocycles. The summed E-state index contributed by atoms with van der Waals surface area (Å²) >= 11 is 0. The summed E-state index contributed by atoms with van der Waals surface area (Å²) in [4.78, 5) is 38.4. The summed E-state index contributed by atoms with van der Waals surface area (Å²) in [5.41, 5.74) is -2.66. The first-order valence-electron chi connectivity index (χ1n) is 9.06. The van der Waals surface area contributed by atoms with Gasteiger partial charge in [0.15, 0.2) is 11.9 Å². The van der Waals surface area contributed by atoms with Gasteiger partial charge in [0.2, 0.25) is 0 Å². The fourth-order valence-corrected chi connectivity index (χ4v) is 6.98. The lowest BCUT2D eigenvalue weighted by Gasteiger charge is -2.61. The van der Waals surface area contributed by atoms with E-state index in [9.17, 15) is 24.6 Å². The van der Waals surface area contributed by atoms with E-state index in [0.717, 1.165) is 5.57 Å². The van der Waals surface area contributed by atoms with Crippen LogP contribution < -0.4 is 0 Å². The van der Waals surface area contributed by atoms with Crippen molar-refractivity contribution in [1.29, 1.82) is 0 Å². The summed E-state index contributed by atoms with van der Waals surface area (Å²) in [7, 11) is 0. The number of carbonyl (C=O) groups is 3. The molecule has 2 saturated carbocycles. The van der Waals surface area contributed by atoms with E-state index in [1.54, 1.807) is 20.8 Å². The molecule has 2 N–H and O–H groups in total. The number of hydrogen-bond acceptors (Lipinski definition) is 7. The van der Waals surface area contributed by atoms with Gasteiger partial charge in [-0.1, -0.05) is 12.5 Å². The Labute approximate surface area is 150 Å². The van der Waals surface area contributed by atoms with Crippen LogP contribution in [-0.4, -0.2) is 58.3 Å². The molecule has 5 rings (SSSR count). The Hall–Kier alpha value is -1.57. The highest BCUT2D eigenvalue weighted by Crippen LogP contribution is 2.70. The Balaban J connectivity index is 1.78. The molecule has 7 nitrogen and oxygen atoms in total. The normalized spacial score (nSPS) is 57.4. The smallest absolute Gasteiger partial charge is 0.313 e. The van der Waals surface area contributed by atoms with Gasteiger partial charge in [-0.15, -0.1) is 0 Å². The van der Waals surface area contributed by atoms with Crippen LogP contribution in [0.4, 0.5) is 0 Å². The fourth-order valence-electron chi connectivity index (χ4n) is 6.98. The van der Waals surface area contributed by atoms with Gasteiger partial charge in [0, 0.05) is 17.8 Å². The molecule has 2 aliphatic heterocycles. The van der Waals surface area contributed by atoms with Gasteiger partial charge in [-0.25, -0.2) is 0 Å². The second-order valence-corrected chi connectivity index (χ2v) is 9.01. The van der Waals surface area contributed by atoms with Crippen LogP contribution in [0.5, 0.6) is 0 Å². The Morgan fingerprint density at radius 1 is 1.19 bits per heavy atom. The van der Waals surface area contributed by atoms with Crippen LogP contribution in [0.25, 0.3) is 0 Å². The molecule has 4 fully saturated rings. The van der Waals surface area contributed by atoms with Gasteiger partial charge >= 0.3 is 5.97 Å². The van der Waals surface area contributed by atoms with Crippen LogP contribution >= 0.6 is 0 Å². The number of carbonyl (C=O) groups excluding carboxylic acids is 3. The van der Waals surface area contributed by atoms with E-state index < -0.39 is 58.3 Å². The Morgan fingerprint density at radius 2 is 1.88 bits per heavy atom. The van der Waals surface area contributed by atoms with E-state index in [2.05, 4.69) is 0 Å². The molecule has 26 heavy (non-hydrogen) atoms. The Bertz CT molecular complexity index is 802. The van der Waals surface area contributed by atoms with Crippen LogP contribution in [0.2, 0.25) is 0 Å². The summed E-state index contributed by atoms with van der Waals surface area (Å²) < 4.78 is 11.4. The Kier molecular flexibility index (Phi) is 2.84. The van der Waals surface area contributed by atoms with Crippen LogP contribution in [0.15, 0.2) is 11.6 Å². The minimum atomic E-state index is -1.35. The van der Waals surface area contributed by atoms with E-state index in [1.807, 2.05) is 0 Å². The van der Waals surface area contributed by atoms with E-state index in [4.69, 9.17) is 9.47 Å². The lowest BCUT2D eigenvalue weighted by molar-refractivity contribution is -0.204. The third kappa shape index (κ3) is 1.41. The maximum atomic E-state index is 13.4. The average molecular weight is 362 g/mol. The van der Waals surface area contributed by atoms with Crippen LogP contribution in [0.1, 0.15) is 27.2 Å². The molecule has 0 amide bonds. The molecular formula is C19H22O7. The predicted octanol–water partition coefficient (Wildman–Crippen LogP) is -0.221. The number of allylic oxidation sites excluding steroid dienone is 1. The molecule has 0 radical (unpaired) electrons. The number of fused-ring (bicyclic) bond motifs is 2. The van der Waals surface area contributed by atoms with Gasteiger partial charge in [0.05, 0.1) is 18.1 Å². The molecule has 2 heterocycles. The average Bonchev–Trinajstić information content (AvgIpc) is 2.94. The zero-order valence-corrected chi connectivity index (χ0v) is 14.9. The molecule has 9 atom stereocenters. The first-order chi connectivity index (χ1) is 12.1.